The van der Waals surface area contributed by atoms with Gasteiger partial charge in [0.1, 0.15) is 16.8 Å². The molecule has 0 atom stereocenters. The minimum absolute atomic E-state index is 0.0103. The van der Waals surface area contributed by atoms with Gasteiger partial charge in [-0.15, -0.1) is 5.10 Å². The van der Waals surface area contributed by atoms with Crippen molar-refractivity contribution in [2.45, 2.75) is 37.6 Å². The van der Waals surface area contributed by atoms with Gasteiger partial charge in [-0.2, -0.15) is 13.2 Å². The van der Waals surface area contributed by atoms with Crippen molar-refractivity contribution in [3.8, 4) is 5.75 Å². The zero-order valence-corrected chi connectivity index (χ0v) is 10.5. The van der Waals surface area contributed by atoms with E-state index < -0.39 is 23.1 Å². The van der Waals surface area contributed by atoms with Crippen LogP contribution in [0.25, 0.3) is 11.0 Å². The molecular weight excluding hydrogens is 275 g/mol. The number of aliphatic hydroxyl groups is 1. The van der Waals surface area contributed by atoms with Crippen LogP contribution in [-0.4, -0.2) is 30.8 Å². The van der Waals surface area contributed by atoms with Gasteiger partial charge in [0.25, 0.3) is 0 Å². The number of phenolic OH excluding ortho intramolecular Hbond substituents is 1. The van der Waals surface area contributed by atoms with Gasteiger partial charge in [0, 0.05) is 6.07 Å². The summed E-state index contributed by atoms with van der Waals surface area (Å²) in [5.41, 5.74) is -2.01. The zero-order valence-electron chi connectivity index (χ0n) is 10.5. The maximum absolute atomic E-state index is 13.1. The molecule has 0 amide bonds. The van der Waals surface area contributed by atoms with Crippen LogP contribution in [0.5, 0.6) is 5.75 Å². The molecule has 5 nitrogen and oxygen atoms in total. The van der Waals surface area contributed by atoms with Gasteiger partial charge in [0.2, 0.25) is 0 Å². The lowest BCUT2D eigenvalue weighted by Crippen LogP contribution is -2.42. The molecule has 2 aromatic rings. The maximum atomic E-state index is 13.1. The van der Waals surface area contributed by atoms with Gasteiger partial charge in [-0.1, -0.05) is 5.21 Å². The van der Waals surface area contributed by atoms with Gasteiger partial charge in [0.15, 0.2) is 0 Å². The summed E-state index contributed by atoms with van der Waals surface area (Å²) in [4.78, 5) is 0. The fraction of sp³-hybridized carbons (Fsp3) is 0.500. The SMILES string of the molecule is CC1(O)CC(n2nnc3cc(O)cc(C(F)(F)F)c32)C1. The number of alkyl halides is 3. The fourth-order valence-corrected chi connectivity index (χ4v) is 2.66. The minimum Gasteiger partial charge on any atom is -0.508 e. The second-order valence-corrected chi connectivity index (χ2v) is 5.45. The largest absolute Gasteiger partial charge is 0.508 e. The van der Waals surface area contributed by atoms with Crippen molar-refractivity contribution in [1.82, 2.24) is 15.0 Å². The van der Waals surface area contributed by atoms with Gasteiger partial charge < -0.3 is 10.2 Å². The van der Waals surface area contributed by atoms with Crippen LogP contribution in [-0.2, 0) is 6.18 Å². The first kappa shape index (κ1) is 13.2. The van der Waals surface area contributed by atoms with E-state index in [1.165, 1.54) is 4.68 Å². The Labute approximate surface area is 111 Å². The third-order valence-electron chi connectivity index (χ3n) is 3.55. The molecule has 0 radical (unpaired) electrons. The lowest BCUT2D eigenvalue weighted by atomic mass is 9.77. The van der Waals surface area contributed by atoms with Crippen molar-refractivity contribution in [3.05, 3.63) is 17.7 Å². The Morgan fingerprint density at radius 3 is 2.55 bits per heavy atom. The normalized spacial score (nSPS) is 26.8. The van der Waals surface area contributed by atoms with E-state index >= 15 is 0 Å². The number of aromatic hydroxyl groups is 1. The van der Waals surface area contributed by atoms with E-state index in [4.69, 9.17) is 0 Å². The summed E-state index contributed by atoms with van der Waals surface area (Å²) in [6.07, 6.45) is -3.96. The third-order valence-corrected chi connectivity index (χ3v) is 3.55. The van der Waals surface area contributed by atoms with Crippen molar-refractivity contribution in [3.63, 3.8) is 0 Å². The van der Waals surface area contributed by atoms with E-state index in [2.05, 4.69) is 10.3 Å². The first-order valence-electron chi connectivity index (χ1n) is 6.05. The zero-order chi connectivity index (χ0) is 14.7. The number of halogens is 3. The van der Waals surface area contributed by atoms with E-state index in [1.807, 2.05) is 0 Å². The van der Waals surface area contributed by atoms with Crippen LogP contribution >= 0.6 is 0 Å². The van der Waals surface area contributed by atoms with Crippen LogP contribution in [0.3, 0.4) is 0 Å². The molecule has 8 heteroatoms. The second kappa shape index (κ2) is 3.85. The average molecular weight is 287 g/mol. The molecule has 20 heavy (non-hydrogen) atoms. The number of aromatic nitrogens is 3. The highest BCUT2D eigenvalue weighted by Crippen LogP contribution is 2.44. The summed E-state index contributed by atoms with van der Waals surface area (Å²) >= 11 is 0. The molecule has 1 aliphatic rings. The maximum Gasteiger partial charge on any atom is 0.418 e. The fourth-order valence-electron chi connectivity index (χ4n) is 2.66. The number of phenols is 1. The number of nitrogens with zero attached hydrogens (tertiary/aromatic N) is 3. The molecule has 1 saturated carbocycles. The Balaban J connectivity index is 2.16. The van der Waals surface area contributed by atoms with Crippen molar-refractivity contribution < 1.29 is 23.4 Å². The standard InChI is InChI=1S/C12H12F3N3O2/c1-11(20)4-6(5-11)18-10-8(12(13,14)15)2-7(19)3-9(10)16-17-18/h2-3,6,19-20H,4-5H2,1H3. The van der Waals surface area contributed by atoms with Crippen molar-refractivity contribution in [2.75, 3.05) is 0 Å². The van der Waals surface area contributed by atoms with E-state index in [9.17, 15) is 23.4 Å². The van der Waals surface area contributed by atoms with Crippen LogP contribution in [0.4, 0.5) is 13.2 Å². The Kier molecular flexibility index (Phi) is 2.53. The molecule has 0 unspecified atom stereocenters. The Hall–Kier alpha value is -1.83. The average Bonchev–Trinajstić information content (AvgIpc) is 2.66. The molecule has 3 rings (SSSR count). The lowest BCUT2D eigenvalue weighted by molar-refractivity contribution is -0.136. The van der Waals surface area contributed by atoms with Crippen molar-refractivity contribution in [2.24, 2.45) is 0 Å². The summed E-state index contributed by atoms with van der Waals surface area (Å²) in [6, 6.07) is 1.49. The van der Waals surface area contributed by atoms with Gasteiger partial charge >= 0.3 is 6.18 Å². The van der Waals surface area contributed by atoms with E-state index in [-0.39, 0.29) is 17.1 Å². The van der Waals surface area contributed by atoms with Crippen molar-refractivity contribution >= 4 is 11.0 Å². The van der Waals surface area contributed by atoms with Crippen LogP contribution in [0, 0.1) is 0 Å². The number of hydrogen-bond acceptors (Lipinski definition) is 4. The van der Waals surface area contributed by atoms with E-state index in [0.29, 0.717) is 18.9 Å². The quantitative estimate of drug-likeness (QED) is 0.844. The molecule has 0 aliphatic heterocycles. The summed E-state index contributed by atoms with van der Waals surface area (Å²) < 4.78 is 40.4. The van der Waals surface area contributed by atoms with Gasteiger partial charge in [-0.3, -0.25) is 0 Å². The molecule has 0 spiro atoms. The molecule has 1 heterocycles. The van der Waals surface area contributed by atoms with Crippen LogP contribution in [0.2, 0.25) is 0 Å². The number of benzene rings is 1. The third kappa shape index (κ3) is 2.00. The Morgan fingerprint density at radius 1 is 1.35 bits per heavy atom. The molecule has 0 saturated heterocycles. The number of hydrogen-bond donors (Lipinski definition) is 2. The molecule has 0 bridgehead atoms. The predicted octanol–water partition coefficient (Wildman–Crippen LogP) is 2.24. The van der Waals surface area contributed by atoms with Crippen LogP contribution < -0.4 is 0 Å². The van der Waals surface area contributed by atoms with Crippen LogP contribution in [0.1, 0.15) is 31.4 Å². The highest BCUT2D eigenvalue weighted by molar-refractivity contribution is 5.80. The number of rotatable bonds is 1. The molecule has 1 aliphatic carbocycles. The smallest absolute Gasteiger partial charge is 0.418 e. The summed E-state index contributed by atoms with van der Waals surface area (Å²) in [7, 11) is 0. The topological polar surface area (TPSA) is 71.2 Å². The first-order chi connectivity index (χ1) is 9.17. The Morgan fingerprint density at radius 2 is 2.00 bits per heavy atom. The van der Waals surface area contributed by atoms with Gasteiger partial charge in [-0.25, -0.2) is 4.68 Å². The van der Waals surface area contributed by atoms with Gasteiger partial charge in [-0.05, 0) is 25.8 Å². The monoisotopic (exact) mass is 287 g/mol. The second-order valence-electron chi connectivity index (χ2n) is 5.45. The van der Waals surface area contributed by atoms with Crippen LogP contribution in [0.15, 0.2) is 12.1 Å². The molecule has 1 aromatic heterocycles. The Bertz CT molecular complexity index is 670. The molecule has 2 N–H and O–H groups in total. The molecule has 1 aromatic carbocycles. The van der Waals surface area contributed by atoms with E-state index in [0.717, 1.165) is 6.07 Å². The minimum atomic E-state index is -4.61. The molecular formula is C12H12F3N3O2. The molecule has 108 valence electrons. The summed E-state index contributed by atoms with van der Waals surface area (Å²) in [5.74, 6) is -0.502. The molecule has 1 fully saturated rings. The highest BCUT2D eigenvalue weighted by Gasteiger charge is 2.43. The lowest BCUT2D eigenvalue weighted by Gasteiger charge is -2.40. The summed E-state index contributed by atoms with van der Waals surface area (Å²) in [6.45, 7) is 1.62. The number of fused-ring (bicyclic) bond motifs is 1. The van der Waals surface area contributed by atoms with Gasteiger partial charge in [0.05, 0.1) is 17.2 Å². The van der Waals surface area contributed by atoms with E-state index in [1.54, 1.807) is 6.92 Å². The first-order valence-corrected chi connectivity index (χ1v) is 6.05. The predicted molar refractivity (Wildman–Crippen MR) is 63.1 cm³/mol. The van der Waals surface area contributed by atoms with Crippen molar-refractivity contribution in [1.29, 1.82) is 0 Å². The highest BCUT2D eigenvalue weighted by atomic mass is 19.4. The summed E-state index contributed by atoms with van der Waals surface area (Å²) in [5, 5.41) is 26.5.